The first kappa shape index (κ1) is 17.5. The van der Waals surface area contributed by atoms with Crippen LogP contribution in [0.15, 0.2) is 42.6 Å². The summed E-state index contributed by atoms with van der Waals surface area (Å²) in [5.74, 6) is -1.78. The van der Waals surface area contributed by atoms with Gasteiger partial charge >= 0.3 is 6.18 Å². The van der Waals surface area contributed by atoms with E-state index in [9.17, 15) is 22.0 Å². The summed E-state index contributed by atoms with van der Waals surface area (Å²) in [7, 11) is 0. The highest BCUT2D eigenvalue weighted by atomic mass is 35.5. The molecule has 4 rings (SSSR count). The van der Waals surface area contributed by atoms with Crippen molar-refractivity contribution in [3.05, 3.63) is 64.8 Å². The number of rotatable bonds is 2. The number of nitrogens with zero attached hydrogens (tertiary/aromatic N) is 1. The molecule has 9 heteroatoms. The second kappa shape index (κ2) is 6.09. The van der Waals surface area contributed by atoms with Crippen molar-refractivity contribution in [3.63, 3.8) is 0 Å². The number of hydrogen-bond acceptors (Lipinski definition) is 2. The lowest BCUT2D eigenvalue weighted by atomic mass is 10.1. The van der Waals surface area contributed by atoms with Gasteiger partial charge in [-0.1, -0.05) is 11.6 Å². The molecule has 0 aliphatic rings. The molecule has 3 nitrogen and oxygen atoms in total. The van der Waals surface area contributed by atoms with E-state index in [1.165, 1.54) is 24.4 Å². The Kier molecular flexibility index (Phi) is 3.96. The standard InChI is InChI=1S/C18H9ClF5N3/c19-8-3-11(18(22,23)24)9-1-2-17(26-15(9)4-8)27-16-7-25-14-6-13(21)12(20)5-10(14)16/h1-7,25H,(H,26,27). The first-order valence-electron chi connectivity index (χ1n) is 7.63. The van der Waals surface area contributed by atoms with E-state index in [0.29, 0.717) is 16.6 Å². The van der Waals surface area contributed by atoms with Crippen molar-refractivity contribution in [1.82, 2.24) is 9.97 Å². The number of aromatic amines is 1. The number of halogens is 6. The van der Waals surface area contributed by atoms with Gasteiger partial charge in [0.2, 0.25) is 0 Å². The van der Waals surface area contributed by atoms with Gasteiger partial charge in [0.15, 0.2) is 11.6 Å². The summed E-state index contributed by atoms with van der Waals surface area (Å²) in [5.41, 5.74) is -0.0704. The topological polar surface area (TPSA) is 40.7 Å². The molecule has 0 saturated carbocycles. The summed E-state index contributed by atoms with van der Waals surface area (Å²) < 4.78 is 66.3. The lowest BCUT2D eigenvalue weighted by Gasteiger charge is -2.12. The molecule has 2 aromatic carbocycles. The van der Waals surface area contributed by atoms with Crippen LogP contribution in [0.5, 0.6) is 0 Å². The molecule has 0 aliphatic heterocycles. The zero-order chi connectivity index (χ0) is 19.3. The van der Waals surface area contributed by atoms with E-state index in [1.807, 2.05) is 0 Å². The summed E-state index contributed by atoms with van der Waals surface area (Å²) in [5, 5.41) is 3.07. The highest BCUT2D eigenvalue weighted by Crippen LogP contribution is 2.37. The number of anilines is 2. The first-order valence-corrected chi connectivity index (χ1v) is 8.01. The Morgan fingerprint density at radius 2 is 1.70 bits per heavy atom. The molecule has 27 heavy (non-hydrogen) atoms. The molecule has 138 valence electrons. The largest absolute Gasteiger partial charge is 0.417 e. The van der Waals surface area contributed by atoms with E-state index in [-0.39, 0.29) is 21.7 Å². The Balaban J connectivity index is 1.79. The third-order valence-electron chi connectivity index (χ3n) is 4.06. The maximum Gasteiger partial charge on any atom is 0.417 e. The van der Waals surface area contributed by atoms with Crippen molar-refractivity contribution in [2.24, 2.45) is 0 Å². The fourth-order valence-corrected chi connectivity index (χ4v) is 3.08. The van der Waals surface area contributed by atoms with E-state index in [2.05, 4.69) is 15.3 Å². The van der Waals surface area contributed by atoms with Gasteiger partial charge in [0.25, 0.3) is 0 Å². The van der Waals surface area contributed by atoms with E-state index in [1.54, 1.807) is 0 Å². The molecule has 0 bridgehead atoms. The number of benzene rings is 2. The van der Waals surface area contributed by atoms with Crippen LogP contribution in [0, 0.1) is 11.6 Å². The van der Waals surface area contributed by atoms with Gasteiger partial charge in [-0.15, -0.1) is 0 Å². The fraction of sp³-hybridized carbons (Fsp3) is 0.0556. The van der Waals surface area contributed by atoms with Crippen LogP contribution < -0.4 is 5.32 Å². The molecule has 0 atom stereocenters. The van der Waals surface area contributed by atoms with Gasteiger partial charge < -0.3 is 10.3 Å². The van der Waals surface area contributed by atoms with Crippen molar-refractivity contribution in [2.75, 3.05) is 5.32 Å². The van der Waals surface area contributed by atoms with Crippen LogP contribution in [0.1, 0.15) is 5.56 Å². The van der Waals surface area contributed by atoms with E-state index in [4.69, 9.17) is 11.6 Å². The molecule has 4 aromatic rings. The van der Waals surface area contributed by atoms with Gasteiger partial charge in [-0.3, -0.25) is 0 Å². The predicted molar refractivity (Wildman–Crippen MR) is 93.3 cm³/mol. The maximum atomic E-state index is 13.5. The van der Waals surface area contributed by atoms with Gasteiger partial charge in [0, 0.05) is 28.1 Å². The van der Waals surface area contributed by atoms with Crippen molar-refractivity contribution in [3.8, 4) is 0 Å². The van der Waals surface area contributed by atoms with Crippen LogP contribution in [-0.2, 0) is 6.18 Å². The number of fused-ring (bicyclic) bond motifs is 2. The van der Waals surface area contributed by atoms with Crippen molar-refractivity contribution in [1.29, 1.82) is 0 Å². The third kappa shape index (κ3) is 3.16. The Labute approximate surface area is 153 Å². The van der Waals surface area contributed by atoms with Gasteiger partial charge in [-0.05, 0) is 30.3 Å². The summed E-state index contributed by atoms with van der Waals surface area (Å²) in [6, 6.07) is 6.84. The highest BCUT2D eigenvalue weighted by Gasteiger charge is 2.33. The van der Waals surface area contributed by atoms with Crippen LogP contribution in [0.2, 0.25) is 5.02 Å². The van der Waals surface area contributed by atoms with E-state index >= 15 is 0 Å². The van der Waals surface area contributed by atoms with E-state index in [0.717, 1.165) is 18.2 Å². The summed E-state index contributed by atoms with van der Waals surface area (Å²) >= 11 is 5.79. The van der Waals surface area contributed by atoms with Gasteiger partial charge in [-0.2, -0.15) is 13.2 Å². The Bertz CT molecular complexity index is 1180. The average Bonchev–Trinajstić information content (AvgIpc) is 2.95. The van der Waals surface area contributed by atoms with Gasteiger partial charge in [0.05, 0.1) is 22.3 Å². The smallest absolute Gasteiger partial charge is 0.359 e. The number of H-pyrrole nitrogens is 1. The van der Waals surface area contributed by atoms with Crippen molar-refractivity contribution in [2.45, 2.75) is 6.18 Å². The minimum atomic E-state index is -4.57. The molecule has 0 aliphatic carbocycles. The molecule has 0 saturated heterocycles. The lowest BCUT2D eigenvalue weighted by molar-refractivity contribution is -0.136. The molecule has 0 amide bonds. The molecular formula is C18H9ClF5N3. The molecule has 0 unspecified atom stereocenters. The molecular weight excluding hydrogens is 389 g/mol. The normalized spacial score (nSPS) is 12.1. The molecule has 0 radical (unpaired) electrons. The zero-order valence-corrected chi connectivity index (χ0v) is 14.0. The van der Waals surface area contributed by atoms with Gasteiger partial charge in [-0.25, -0.2) is 13.8 Å². The van der Waals surface area contributed by atoms with Crippen molar-refractivity contribution >= 4 is 44.9 Å². The van der Waals surface area contributed by atoms with Crippen LogP contribution >= 0.6 is 11.6 Å². The third-order valence-corrected chi connectivity index (χ3v) is 4.28. The number of alkyl halides is 3. The summed E-state index contributed by atoms with van der Waals surface area (Å²) in [4.78, 5) is 6.94. The second-order valence-corrected chi connectivity index (χ2v) is 6.29. The zero-order valence-electron chi connectivity index (χ0n) is 13.3. The molecule has 2 aromatic heterocycles. The Morgan fingerprint density at radius 1 is 0.963 bits per heavy atom. The molecule has 2 N–H and O–H groups in total. The van der Waals surface area contributed by atoms with Crippen LogP contribution in [0.4, 0.5) is 33.5 Å². The predicted octanol–water partition coefficient (Wildman–Crippen LogP) is 6.41. The number of hydrogen-bond donors (Lipinski definition) is 2. The Morgan fingerprint density at radius 3 is 2.44 bits per heavy atom. The maximum absolute atomic E-state index is 13.5. The molecule has 2 heterocycles. The van der Waals surface area contributed by atoms with Crippen molar-refractivity contribution < 1.29 is 22.0 Å². The first-order chi connectivity index (χ1) is 12.7. The molecule has 0 spiro atoms. The SMILES string of the molecule is Fc1cc2[nH]cc(Nc3ccc4c(C(F)(F)F)cc(Cl)cc4n3)c2cc1F. The van der Waals surface area contributed by atoms with Crippen LogP contribution in [0.25, 0.3) is 21.8 Å². The van der Waals surface area contributed by atoms with E-state index < -0.39 is 23.4 Å². The quantitative estimate of drug-likeness (QED) is 0.384. The highest BCUT2D eigenvalue weighted by molar-refractivity contribution is 6.31. The minimum Gasteiger partial charge on any atom is -0.359 e. The molecule has 0 fully saturated rings. The number of pyridine rings is 1. The lowest BCUT2D eigenvalue weighted by Crippen LogP contribution is -2.06. The minimum absolute atomic E-state index is 0.0527. The fourth-order valence-electron chi connectivity index (χ4n) is 2.86. The number of aromatic nitrogens is 2. The Hall–Kier alpha value is -2.87. The monoisotopic (exact) mass is 397 g/mol. The summed E-state index contributed by atoms with van der Waals surface area (Å²) in [6.45, 7) is 0. The second-order valence-electron chi connectivity index (χ2n) is 5.85. The number of nitrogens with one attached hydrogen (secondary N) is 2. The van der Waals surface area contributed by atoms with Crippen LogP contribution in [0.3, 0.4) is 0 Å². The summed E-state index contributed by atoms with van der Waals surface area (Å²) in [6.07, 6.45) is -3.09. The average molecular weight is 398 g/mol. The van der Waals surface area contributed by atoms with Gasteiger partial charge in [0.1, 0.15) is 5.82 Å². The van der Waals surface area contributed by atoms with Crippen LogP contribution in [-0.4, -0.2) is 9.97 Å².